The molecule has 1 saturated heterocycles. The first kappa shape index (κ1) is 12.7. The highest BCUT2D eigenvalue weighted by atomic mass is 32.2. The molecule has 1 aliphatic heterocycles. The zero-order chi connectivity index (χ0) is 11.1. The fourth-order valence-corrected chi connectivity index (χ4v) is 2.42. The molecule has 15 heavy (non-hydrogen) atoms. The summed E-state index contributed by atoms with van der Waals surface area (Å²) in [5, 5.41) is 2.99. The molecule has 0 atom stereocenters. The van der Waals surface area contributed by atoms with Crippen LogP contribution >= 0.6 is 11.8 Å². The predicted octanol–water partition coefficient (Wildman–Crippen LogP) is 2.18. The summed E-state index contributed by atoms with van der Waals surface area (Å²) in [6, 6.07) is 0.123. The third-order valence-corrected chi connectivity index (χ3v) is 3.56. The Morgan fingerprint density at radius 2 is 2.20 bits per heavy atom. The second-order valence-electron chi connectivity index (χ2n) is 4.37. The summed E-state index contributed by atoms with van der Waals surface area (Å²) in [4.78, 5) is 13.7. The molecule has 0 unspecified atom stereocenters. The van der Waals surface area contributed by atoms with E-state index in [0.29, 0.717) is 5.92 Å². The maximum absolute atomic E-state index is 11.7. The molecular weight excluding hydrogens is 208 g/mol. The van der Waals surface area contributed by atoms with Crippen molar-refractivity contribution in [2.45, 2.75) is 26.7 Å². The van der Waals surface area contributed by atoms with E-state index in [1.807, 2.05) is 16.7 Å². The van der Waals surface area contributed by atoms with E-state index in [1.165, 1.54) is 5.75 Å². The molecule has 0 saturated carbocycles. The van der Waals surface area contributed by atoms with Gasteiger partial charge in [-0.1, -0.05) is 13.8 Å². The van der Waals surface area contributed by atoms with Crippen molar-refractivity contribution in [2.75, 3.05) is 31.1 Å². The summed E-state index contributed by atoms with van der Waals surface area (Å²) >= 11 is 1.94. The van der Waals surface area contributed by atoms with Gasteiger partial charge in [-0.2, -0.15) is 11.8 Å². The number of hydrogen-bond donors (Lipinski definition) is 1. The van der Waals surface area contributed by atoms with E-state index in [4.69, 9.17) is 0 Å². The zero-order valence-electron chi connectivity index (χ0n) is 9.79. The van der Waals surface area contributed by atoms with Crippen LogP contribution in [-0.4, -0.2) is 42.1 Å². The van der Waals surface area contributed by atoms with Gasteiger partial charge in [0.1, 0.15) is 0 Å². The maximum Gasteiger partial charge on any atom is 0.317 e. The fraction of sp³-hybridized carbons (Fsp3) is 0.909. The van der Waals surface area contributed by atoms with Crippen molar-refractivity contribution in [3.63, 3.8) is 0 Å². The topological polar surface area (TPSA) is 32.3 Å². The molecule has 0 aromatic rings. The third kappa shape index (κ3) is 5.30. The van der Waals surface area contributed by atoms with Gasteiger partial charge in [0.25, 0.3) is 0 Å². The minimum atomic E-state index is 0.123. The molecule has 0 aliphatic carbocycles. The van der Waals surface area contributed by atoms with Crippen molar-refractivity contribution in [3.8, 4) is 0 Å². The number of nitrogens with zero attached hydrogens (tertiary/aromatic N) is 1. The SMILES string of the molecule is CC(C)CCNC(=O)N1CCCSCC1. The second kappa shape index (κ2) is 6.99. The van der Waals surface area contributed by atoms with Gasteiger partial charge >= 0.3 is 6.03 Å². The highest BCUT2D eigenvalue weighted by molar-refractivity contribution is 7.99. The van der Waals surface area contributed by atoms with E-state index in [0.717, 1.165) is 38.2 Å². The van der Waals surface area contributed by atoms with Gasteiger partial charge in [0, 0.05) is 25.4 Å². The van der Waals surface area contributed by atoms with Crippen molar-refractivity contribution in [1.29, 1.82) is 0 Å². The Bertz CT molecular complexity index is 189. The summed E-state index contributed by atoms with van der Waals surface area (Å²) in [7, 11) is 0. The Hall–Kier alpha value is -0.380. The number of rotatable bonds is 3. The Morgan fingerprint density at radius 1 is 1.40 bits per heavy atom. The monoisotopic (exact) mass is 230 g/mol. The van der Waals surface area contributed by atoms with Crippen molar-refractivity contribution >= 4 is 17.8 Å². The Labute approximate surface area is 97.0 Å². The van der Waals surface area contributed by atoms with Crippen LogP contribution in [0.15, 0.2) is 0 Å². The van der Waals surface area contributed by atoms with E-state index < -0.39 is 0 Å². The maximum atomic E-state index is 11.7. The van der Waals surface area contributed by atoms with E-state index in [-0.39, 0.29) is 6.03 Å². The number of carbonyl (C=O) groups excluding carboxylic acids is 1. The van der Waals surface area contributed by atoms with Crippen LogP contribution in [0.2, 0.25) is 0 Å². The lowest BCUT2D eigenvalue weighted by Crippen LogP contribution is -2.41. The normalized spacial score (nSPS) is 17.7. The summed E-state index contributed by atoms with van der Waals surface area (Å²) in [6.07, 6.45) is 2.19. The van der Waals surface area contributed by atoms with Crippen LogP contribution in [0.5, 0.6) is 0 Å². The molecule has 1 fully saturated rings. The van der Waals surface area contributed by atoms with Crippen LogP contribution in [0, 0.1) is 5.92 Å². The number of carbonyl (C=O) groups is 1. The van der Waals surface area contributed by atoms with Crippen molar-refractivity contribution < 1.29 is 4.79 Å². The molecule has 1 N–H and O–H groups in total. The number of thioether (sulfide) groups is 1. The van der Waals surface area contributed by atoms with Crippen LogP contribution in [0.4, 0.5) is 4.79 Å². The minimum absolute atomic E-state index is 0.123. The Balaban J connectivity index is 2.19. The smallest absolute Gasteiger partial charge is 0.317 e. The number of amides is 2. The van der Waals surface area contributed by atoms with Crippen LogP contribution in [-0.2, 0) is 0 Å². The largest absolute Gasteiger partial charge is 0.338 e. The average molecular weight is 230 g/mol. The molecule has 2 amide bonds. The molecule has 88 valence electrons. The molecule has 0 aromatic carbocycles. The Kier molecular flexibility index (Phi) is 5.91. The Morgan fingerprint density at radius 3 is 2.93 bits per heavy atom. The molecule has 0 bridgehead atoms. The van der Waals surface area contributed by atoms with Crippen molar-refractivity contribution in [2.24, 2.45) is 5.92 Å². The van der Waals surface area contributed by atoms with E-state index in [9.17, 15) is 4.79 Å². The predicted molar refractivity (Wildman–Crippen MR) is 66.4 cm³/mol. The van der Waals surface area contributed by atoms with Gasteiger partial charge in [0.2, 0.25) is 0 Å². The molecule has 1 aliphatic rings. The highest BCUT2D eigenvalue weighted by Crippen LogP contribution is 2.09. The molecule has 4 heteroatoms. The summed E-state index contributed by atoms with van der Waals surface area (Å²) in [5.74, 6) is 2.93. The molecular formula is C11H22N2OS. The van der Waals surface area contributed by atoms with Crippen molar-refractivity contribution in [3.05, 3.63) is 0 Å². The van der Waals surface area contributed by atoms with E-state index >= 15 is 0 Å². The van der Waals surface area contributed by atoms with E-state index in [1.54, 1.807) is 0 Å². The quantitative estimate of drug-likeness (QED) is 0.806. The van der Waals surface area contributed by atoms with Gasteiger partial charge in [-0.25, -0.2) is 4.79 Å². The summed E-state index contributed by atoms with van der Waals surface area (Å²) < 4.78 is 0. The first-order chi connectivity index (χ1) is 7.20. The zero-order valence-corrected chi connectivity index (χ0v) is 10.6. The van der Waals surface area contributed by atoms with Crippen molar-refractivity contribution in [1.82, 2.24) is 10.2 Å². The van der Waals surface area contributed by atoms with Gasteiger partial charge in [-0.3, -0.25) is 0 Å². The van der Waals surface area contributed by atoms with Gasteiger partial charge in [-0.15, -0.1) is 0 Å². The fourth-order valence-electron chi connectivity index (χ4n) is 1.53. The highest BCUT2D eigenvalue weighted by Gasteiger charge is 2.14. The average Bonchev–Trinajstić information content (AvgIpc) is 2.44. The van der Waals surface area contributed by atoms with Gasteiger partial charge in [0.15, 0.2) is 0 Å². The lowest BCUT2D eigenvalue weighted by Gasteiger charge is -2.20. The minimum Gasteiger partial charge on any atom is -0.338 e. The molecule has 0 spiro atoms. The number of hydrogen-bond acceptors (Lipinski definition) is 2. The molecule has 3 nitrogen and oxygen atoms in total. The first-order valence-electron chi connectivity index (χ1n) is 5.80. The standard InChI is InChI=1S/C11H22N2OS/c1-10(2)4-5-12-11(14)13-6-3-8-15-9-7-13/h10H,3-9H2,1-2H3,(H,12,14). The first-order valence-corrected chi connectivity index (χ1v) is 6.96. The van der Waals surface area contributed by atoms with Gasteiger partial charge in [0.05, 0.1) is 0 Å². The van der Waals surface area contributed by atoms with Gasteiger partial charge < -0.3 is 10.2 Å². The van der Waals surface area contributed by atoms with Gasteiger partial charge in [-0.05, 0) is 24.5 Å². The molecule has 0 radical (unpaired) electrons. The van der Waals surface area contributed by atoms with Crippen LogP contribution in [0.25, 0.3) is 0 Å². The van der Waals surface area contributed by atoms with Crippen LogP contribution in [0.3, 0.4) is 0 Å². The molecule has 0 aromatic heterocycles. The lowest BCUT2D eigenvalue weighted by molar-refractivity contribution is 0.201. The molecule has 1 rings (SSSR count). The summed E-state index contributed by atoms with van der Waals surface area (Å²) in [5.41, 5.74) is 0. The van der Waals surface area contributed by atoms with Crippen LogP contribution in [0.1, 0.15) is 26.7 Å². The van der Waals surface area contributed by atoms with E-state index in [2.05, 4.69) is 19.2 Å². The molecule has 1 heterocycles. The third-order valence-electron chi connectivity index (χ3n) is 2.51. The number of nitrogens with one attached hydrogen (secondary N) is 1. The lowest BCUT2D eigenvalue weighted by atomic mass is 10.1. The van der Waals surface area contributed by atoms with Crippen LogP contribution < -0.4 is 5.32 Å². The summed E-state index contributed by atoms with van der Waals surface area (Å²) in [6.45, 7) is 6.97. The number of urea groups is 1. The second-order valence-corrected chi connectivity index (χ2v) is 5.59.